The number of ether oxygens (including phenoxy) is 1. The van der Waals surface area contributed by atoms with E-state index in [2.05, 4.69) is 20.6 Å². The van der Waals surface area contributed by atoms with Gasteiger partial charge in [-0.05, 0) is 29.8 Å². The van der Waals surface area contributed by atoms with Gasteiger partial charge < -0.3 is 10.1 Å². The van der Waals surface area contributed by atoms with Gasteiger partial charge in [0.05, 0.1) is 13.7 Å². The van der Waals surface area contributed by atoms with Crippen LogP contribution in [0.15, 0.2) is 65.7 Å². The molecule has 0 atom stereocenters. The van der Waals surface area contributed by atoms with Gasteiger partial charge in [-0.15, -0.1) is 5.10 Å². The number of carbonyl (C=O) groups is 1. The van der Waals surface area contributed by atoms with Crippen molar-refractivity contribution >= 4 is 22.8 Å². The highest BCUT2D eigenvalue weighted by atomic mass is 16.5. The molecule has 0 aliphatic carbocycles. The lowest BCUT2D eigenvalue weighted by atomic mass is 10.2. The second-order valence-corrected chi connectivity index (χ2v) is 6.36. The van der Waals surface area contributed by atoms with Crippen molar-refractivity contribution in [3.63, 3.8) is 0 Å². The molecule has 0 saturated carbocycles. The maximum Gasteiger partial charge on any atom is 0.283 e. The van der Waals surface area contributed by atoms with E-state index in [0.29, 0.717) is 23.6 Å². The number of nitrogens with zero attached hydrogens (tertiary/aromatic N) is 5. The number of nitrogens with one attached hydrogen (secondary N) is 1. The van der Waals surface area contributed by atoms with Gasteiger partial charge in [-0.3, -0.25) is 14.2 Å². The first-order chi connectivity index (χ1) is 14.1. The monoisotopic (exact) mass is 390 g/mol. The number of carbonyl (C=O) groups excluding carboxylic acids is 1. The van der Waals surface area contributed by atoms with Crippen LogP contribution in [0.25, 0.3) is 11.2 Å². The predicted octanol–water partition coefficient (Wildman–Crippen LogP) is 1.68. The first kappa shape index (κ1) is 18.4. The number of anilines is 1. The van der Waals surface area contributed by atoms with Gasteiger partial charge in [-0.2, -0.15) is 0 Å². The van der Waals surface area contributed by atoms with Gasteiger partial charge in [-0.1, -0.05) is 35.5 Å². The number of amides is 1. The summed E-state index contributed by atoms with van der Waals surface area (Å²) in [6.07, 6.45) is 1.34. The van der Waals surface area contributed by atoms with Gasteiger partial charge >= 0.3 is 0 Å². The summed E-state index contributed by atoms with van der Waals surface area (Å²) in [5.41, 5.74) is 1.71. The Morgan fingerprint density at radius 3 is 2.59 bits per heavy atom. The zero-order chi connectivity index (χ0) is 20.2. The van der Waals surface area contributed by atoms with Crippen LogP contribution in [0, 0.1) is 0 Å². The molecule has 0 spiro atoms. The predicted molar refractivity (Wildman–Crippen MR) is 107 cm³/mol. The van der Waals surface area contributed by atoms with Crippen LogP contribution in [-0.4, -0.2) is 37.6 Å². The molecule has 2 aromatic carbocycles. The molecule has 1 N–H and O–H groups in total. The van der Waals surface area contributed by atoms with E-state index in [1.54, 1.807) is 36.1 Å². The van der Waals surface area contributed by atoms with Crippen molar-refractivity contribution in [2.75, 3.05) is 12.4 Å². The number of benzene rings is 2. The Labute approximate surface area is 165 Å². The second-order valence-electron chi connectivity index (χ2n) is 6.36. The molecule has 4 rings (SSSR count). The molecule has 2 heterocycles. The fraction of sp³-hybridized carbons (Fsp3) is 0.150. The van der Waals surface area contributed by atoms with Crippen LogP contribution in [0.4, 0.5) is 5.69 Å². The van der Waals surface area contributed by atoms with Gasteiger partial charge in [-0.25, -0.2) is 9.67 Å². The number of rotatable bonds is 6. The third-order valence-electron chi connectivity index (χ3n) is 4.35. The molecule has 0 saturated heterocycles. The first-order valence-corrected chi connectivity index (χ1v) is 8.90. The van der Waals surface area contributed by atoms with Crippen molar-refractivity contribution in [1.29, 1.82) is 0 Å². The van der Waals surface area contributed by atoms with Crippen molar-refractivity contribution < 1.29 is 9.53 Å². The lowest BCUT2D eigenvalue weighted by Crippen LogP contribution is -2.28. The normalized spacial score (nSPS) is 10.8. The summed E-state index contributed by atoms with van der Waals surface area (Å²) in [7, 11) is 1.57. The SMILES string of the molecule is COc1ccc(NC(=O)Cn2cnc3c(nnn3Cc3ccccc3)c2=O)cc1. The molecular weight excluding hydrogens is 372 g/mol. The summed E-state index contributed by atoms with van der Waals surface area (Å²) >= 11 is 0. The molecule has 2 aromatic heterocycles. The number of hydrogen-bond acceptors (Lipinski definition) is 6. The fourth-order valence-electron chi connectivity index (χ4n) is 2.89. The molecule has 1 amide bonds. The standard InChI is InChI=1S/C20H18N6O3/c1-29-16-9-7-15(8-10-16)22-17(27)12-25-13-21-19-18(20(25)28)23-24-26(19)11-14-5-3-2-4-6-14/h2-10,13H,11-12H2,1H3,(H,22,27). The molecular formula is C20H18N6O3. The van der Waals surface area contributed by atoms with Crippen LogP contribution in [0.1, 0.15) is 5.56 Å². The maximum atomic E-state index is 12.7. The Morgan fingerprint density at radius 1 is 1.10 bits per heavy atom. The number of hydrogen-bond donors (Lipinski definition) is 1. The summed E-state index contributed by atoms with van der Waals surface area (Å²) in [5, 5.41) is 10.7. The van der Waals surface area contributed by atoms with E-state index >= 15 is 0 Å². The van der Waals surface area contributed by atoms with E-state index in [9.17, 15) is 9.59 Å². The summed E-state index contributed by atoms with van der Waals surface area (Å²) in [6.45, 7) is 0.269. The largest absolute Gasteiger partial charge is 0.497 e. The Balaban J connectivity index is 1.51. The number of methoxy groups -OCH3 is 1. The average molecular weight is 390 g/mol. The molecule has 0 radical (unpaired) electrons. The second kappa shape index (κ2) is 7.93. The van der Waals surface area contributed by atoms with E-state index in [4.69, 9.17) is 4.74 Å². The summed E-state index contributed by atoms with van der Waals surface area (Å²) in [5.74, 6) is 0.336. The molecule has 0 bridgehead atoms. The lowest BCUT2D eigenvalue weighted by molar-refractivity contribution is -0.116. The highest BCUT2D eigenvalue weighted by Crippen LogP contribution is 2.15. The van der Waals surface area contributed by atoms with Crippen LogP contribution in [-0.2, 0) is 17.9 Å². The Kier molecular flexibility index (Phi) is 5.02. The van der Waals surface area contributed by atoms with Crippen molar-refractivity contribution in [3.8, 4) is 5.75 Å². The molecule has 9 heteroatoms. The zero-order valence-corrected chi connectivity index (χ0v) is 15.6. The minimum atomic E-state index is -0.417. The third kappa shape index (κ3) is 3.98. The topological polar surface area (TPSA) is 104 Å². The Morgan fingerprint density at radius 2 is 1.86 bits per heavy atom. The van der Waals surface area contributed by atoms with Crippen LogP contribution >= 0.6 is 0 Å². The van der Waals surface area contributed by atoms with Crippen LogP contribution < -0.4 is 15.6 Å². The lowest BCUT2D eigenvalue weighted by Gasteiger charge is -2.08. The van der Waals surface area contributed by atoms with Crippen LogP contribution in [0.2, 0.25) is 0 Å². The van der Waals surface area contributed by atoms with Crippen molar-refractivity contribution in [3.05, 3.63) is 76.8 Å². The maximum absolute atomic E-state index is 12.7. The summed E-state index contributed by atoms with van der Waals surface area (Å²) < 4.78 is 7.86. The molecule has 0 aliphatic rings. The van der Waals surface area contributed by atoms with Gasteiger partial charge in [0, 0.05) is 5.69 Å². The smallest absolute Gasteiger partial charge is 0.283 e. The number of aromatic nitrogens is 5. The first-order valence-electron chi connectivity index (χ1n) is 8.90. The zero-order valence-electron chi connectivity index (χ0n) is 15.6. The quantitative estimate of drug-likeness (QED) is 0.537. The molecule has 0 aliphatic heterocycles. The highest BCUT2D eigenvalue weighted by molar-refractivity contribution is 5.90. The van der Waals surface area contributed by atoms with Crippen LogP contribution in [0.5, 0.6) is 5.75 Å². The van der Waals surface area contributed by atoms with Gasteiger partial charge in [0.1, 0.15) is 18.6 Å². The fourth-order valence-corrected chi connectivity index (χ4v) is 2.89. The van der Waals surface area contributed by atoms with Crippen LogP contribution in [0.3, 0.4) is 0 Å². The molecule has 4 aromatic rings. The summed E-state index contributed by atoms with van der Waals surface area (Å²) in [4.78, 5) is 29.3. The van der Waals surface area contributed by atoms with Crippen molar-refractivity contribution in [2.24, 2.45) is 0 Å². The minimum absolute atomic E-state index is 0.126. The molecule has 0 fully saturated rings. The van der Waals surface area contributed by atoms with E-state index in [1.807, 2.05) is 30.3 Å². The average Bonchev–Trinajstić information content (AvgIpc) is 3.15. The van der Waals surface area contributed by atoms with E-state index in [0.717, 1.165) is 5.56 Å². The molecule has 29 heavy (non-hydrogen) atoms. The van der Waals surface area contributed by atoms with Crippen molar-refractivity contribution in [1.82, 2.24) is 24.5 Å². The van der Waals surface area contributed by atoms with E-state index in [-0.39, 0.29) is 18.0 Å². The van der Waals surface area contributed by atoms with Crippen molar-refractivity contribution in [2.45, 2.75) is 13.1 Å². The molecule has 0 unspecified atom stereocenters. The summed E-state index contributed by atoms with van der Waals surface area (Å²) in [6, 6.07) is 16.6. The van der Waals surface area contributed by atoms with E-state index in [1.165, 1.54) is 10.9 Å². The van der Waals surface area contributed by atoms with Gasteiger partial charge in [0.25, 0.3) is 5.56 Å². The number of fused-ring (bicyclic) bond motifs is 1. The van der Waals surface area contributed by atoms with E-state index < -0.39 is 5.56 Å². The third-order valence-corrected chi connectivity index (χ3v) is 4.35. The highest BCUT2D eigenvalue weighted by Gasteiger charge is 2.14. The minimum Gasteiger partial charge on any atom is -0.497 e. The molecule has 9 nitrogen and oxygen atoms in total. The Bertz CT molecular complexity index is 1200. The van der Waals surface area contributed by atoms with Gasteiger partial charge in [0.2, 0.25) is 5.91 Å². The van der Waals surface area contributed by atoms with Gasteiger partial charge in [0.15, 0.2) is 11.2 Å². The Hall–Kier alpha value is -4.01. The molecule has 146 valence electrons.